The van der Waals surface area contributed by atoms with Crippen LogP contribution in [0.5, 0.6) is 0 Å². The molecule has 0 radical (unpaired) electrons. The van der Waals surface area contributed by atoms with E-state index in [1.165, 1.54) is 71.3 Å². The van der Waals surface area contributed by atoms with Crippen molar-refractivity contribution in [2.45, 2.75) is 32.6 Å². The molecule has 166 valence electrons. The minimum absolute atomic E-state index is 1.08. The fourth-order valence-corrected chi connectivity index (χ4v) is 6.72. The van der Waals surface area contributed by atoms with E-state index in [1.807, 2.05) is 0 Å². The quantitative estimate of drug-likeness (QED) is 0.231. The maximum absolute atomic E-state index is 5.12. The Kier molecular flexibility index (Phi) is 3.88. The van der Waals surface area contributed by atoms with E-state index in [0.29, 0.717) is 0 Å². The second-order valence-corrected chi connectivity index (χ2v) is 10.3. The first-order valence-electron chi connectivity index (χ1n) is 12.7. The van der Waals surface area contributed by atoms with E-state index in [2.05, 4.69) is 91.9 Å². The topological polar surface area (TPSA) is 12.9 Å². The van der Waals surface area contributed by atoms with Crippen molar-refractivity contribution in [1.82, 2.24) is 4.98 Å². The van der Waals surface area contributed by atoms with Crippen LogP contribution in [-0.4, -0.2) is 4.98 Å². The molecule has 0 saturated carbocycles. The monoisotopic (exact) mass is 447 g/mol. The lowest BCUT2D eigenvalue weighted by Gasteiger charge is -2.30. The van der Waals surface area contributed by atoms with E-state index in [1.54, 1.807) is 0 Å². The maximum Gasteiger partial charge on any atom is 0.0783 e. The molecule has 0 aliphatic heterocycles. The van der Waals surface area contributed by atoms with Crippen molar-refractivity contribution in [1.29, 1.82) is 0 Å². The summed E-state index contributed by atoms with van der Waals surface area (Å²) < 4.78 is 0. The molecule has 8 rings (SSSR count). The molecule has 1 heterocycles. The highest BCUT2D eigenvalue weighted by Crippen LogP contribution is 2.45. The third-order valence-corrected chi connectivity index (χ3v) is 8.25. The molecule has 0 N–H and O–H groups in total. The molecule has 1 aromatic heterocycles. The third kappa shape index (κ3) is 2.73. The molecule has 1 heteroatoms. The highest BCUT2D eigenvalue weighted by atomic mass is 14.7. The van der Waals surface area contributed by atoms with Crippen LogP contribution in [0.1, 0.15) is 27.9 Å². The maximum atomic E-state index is 5.12. The molecule has 5 aromatic carbocycles. The number of fused-ring (bicyclic) bond motifs is 5. The lowest BCUT2D eigenvalue weighted by molar-refractivity contribution is 0.877. The standard InChI is InChI=1S/C34H25N/c1-20-17-31-29-14-13-21-5-2-3-8-27(21)28(29)15-16-30(31)34(35-20)26-18-24-11-9-22-6-4-7-23-10-12-25(19-26)33(24)32(22)23/h2-8,13-19H,9-12H2,1H3. The van der Waals surface area contributed by atoms with Crippen molar-refractivity contribution in [3.63, 3.8) is 0 Å². The molecule has 35 heavy (non-hydrogen) atoms. The number of hydrogen-bond donors (Lipinski definition) is 0. The van der Waals surface area contributed by atoms with Crippen LogP contribution < -0.4 is 0 Å². The van der Waals surface area contributed by atoms with Gasteiger partial charge in [0.2, 0.25) is 0 Å². The van der Waals surface area contributed by atoms with E-state index >= 15 is 0 Å². The zero-order valence-electron chi connectivity index (χ0n) is 19.9. The summed E-state index contributed by atoms with van der Waals surface area (Å²) in [6.07, 6.45) is 4.51. The van der Waals surface area contributed by atoms with Gasteiger partial charge >= 0.3 is 0 Å². The summed E-state index contributed by atoms with van der Waals surface area (Å²) in [5.41, 5.74) is 12.6. The Balaban J connectivity index is 1.40. The molecule has 0 atom stereocenters. The largest absolute Gasteiger partial charge is 0.252 e. The van der Waals surface area contributed by atoms with Crippen molar-refractivity contribution in [3.8, 4) is 22.4 Å². The predicted octanol–water partition coefficient (Wildman–Crippen LogP) is 8.38. The first kappa shape index (κ1) is 19.3. The number of hydrogen-bond acceptors (Lipinski definition) is 1. The minimum atomic E-state index is 1.08. The smallest absolute Gasteiger partial charge is 0.0783 e. The minimum Gasteiger partial charge on any atom is -0.252 e. The first-order valence-corrected chi connectivity index (χ1v) is 12.7. The summed E-state index contributed by atoms with van der Waals surface area (Å²) in [4.78, 5) is 5.12. The normalized spacial score (nSPS) is 14.0. The van der Waals surface area contributed by atoms with Gasteiger partial charge in [0.15, 0.2) is 0 Å². The van der Waals surface area contributed by atoms with Crippen LogP contribution in [0.25, 0.3) is 54.7 Å². The second kappa shape index (κ2) is 7.02. The Bertz CT molecular complexity index is 1810. The van der Waals surface area contributed by atoms with Crippen LogP contribution in [0.4, 0.5) is 0 Å². The molecule has 0 fully saturated rings. The highest BCUT2D eigenvalue weighted by molar-refractivity contribution is 6.19. The van der Waals surface area contributed by atoms with Gasteiger partial charge in [0, 0.05) is 16.6 Å². The van der Waals surface area contributed by atoms with Gasteiger partial charge in [-0.15, -0.1) is 0 Å². The van der Waals surface area contributed by atoms with E-state index in [0.717, 1.165) is 37.1 Å². The fourth-order valence-electron chi connectivity index (χ4n) is 6.72. The van der Waals surface area contributed by atoms with Gasteiger partial charge in [-0.2, -0.15) is 0 Å². The summed E-state index contributed by atoms with van der Waals surface area (Å²) in [5.74, 6) is 0. The van der Waals surface area contributed by atoms with Crippen molar-refractivity contribution < 1.29 is 0 Å². The van der Waals surface area contributed by atoms with Crippen molar-refractivity contribution >= 4 is 32.3 Å². The van der Waals surface area contributed by atoms with Gasteiger partial charge in [-0.25, -0.2) is 0 Å². The first-order chi connectivity index (χ1) is 17.2. The number of nitrogens with zero attached hydrogens (tertiary/aromatic N) is 1. The van der Waals surface area contributed by atoms with E-state index in [9.17, 15) is 0 Å². The molecular weight excluding hydrogens is 422 g/mol. The van der Waals surface area contributed by atoms with Crippen LogP contribution in [0, 0.1) is 6.92 Å². The lowest BCUT2D eigenvalue weighted by Crippen LogP contribution is -2.14. The van der Waals surface area contributed by atoms with Crippen molar-refractivity contribution in [3.05, 3.63) is 113 Å². The Morgan fingerprint density at radius 1 is 0.514 bits per heavy atom. The summed E-state index contributed by atoms with van der Waals surface area (Å²) in [6, 6.07) is 31.9. The van der Waals surface area contributed by atoms with Gasteiger partial charge in [-0.1, -0.05) is 66.7 Å². The van der Waals surface area contributed by atoms with Crippen molar-refractivity contribution in [2.75, 3.05) is 0 Å². The molecule has 0 spiro atoms. The fraction of sp³-hybridized carbons (Fsp3) is 0.147. The Labute approximate surface area is 205 Å². The number of benzene rings is 5. The predicted molar refractivity (Wildman–Crippen MR) is 147 cm³/mol. The lowest BCUT2D eigenvalue weighted by atomic mass is 9.74. The molecule has 0 bridgehead atoms. The molecule has 0 unspecified atom stereocenters. The zero-order chi connectivity index (χ0) is 23.1. The molecule has 2 aliphatic rings. The summed E-state index contributed by atoms with van der Waals surface area (Å²) in [7, 11) is 0. The molecule has 0 saturated heterocycles. The van der Waals surface area contributed by atoms with Crippen LogP contribution in [-0.2, 0) is 25.7 Å². The van der Waals surface area contributed by atoms with Gasteiger partial charge in [0.25, 0.3) is 0 Å². The van der Waals surface area contributed by atoms with E-state index in [-0.39, 0.29) is 0 Å². The number of rotatable bonds is 1. The van der Waals surface area contributed by atoms with Crippen LogP contribution in [0.15, 0.2) is 84.9 Å². The third-order valence-electron chi connectivity index (χ3n) is 8.25. The van der Waals surface area contributed by atoms with Gasteiger partial charge in [0.1, 0.15) is 0 Å². The van der Waals surface area contributed by atoms with Gasteiger partial charge in [-0.05, 0) is 111 Å². The van der Waals surface area contributed by atoms with E-state index < -0.39 is 0 Å². The molecule has 2 aliphatic carbocycles. The van der Waals surface area contributed by atoms with Gasteiger partial charge in [-0.3, -0.25) is 4.98 Å². The van der Waals surface area contributed by atoms with Crippen LogP contribution in [0.2, 0.25) is 0 Å². The van der Waals surface area contributed by atoms with Gasteiger partial charge < -0.3 is 0 Å². The second-order valence-electron chi connectivity index (χ2n) is 10.3. The summed E-state index contributed by atoms with van der Waals surface area (Å²) in [5, 5.41) is 7.78. The zero-order valence-corrected chi connectivity index (χ0v) is 19.9. The van der Waals surface area contributed by atoms with E-state index in [4.69, 9.17) is 4.98 Å². The van der Waals surface area contributed by atoms with Gasteiger partial charge in [0.05, 0.1) is 5.69 Å². The highest BCUT2D eigenvalue weighted by Gasteiger charge is 2.26. The molecular formula is C34H25N. The molecule has 1 nitrogen and oxygen atoms in total. The average Bonchev–Trinajstić information content (AvgIpc) is 2.90. The van der Waals surface area contributed by atoms with Crippen LogP contribution in [0.3, 0.4) is 0 Å². The summed E-state index contributed by atoms with van der Waals surface area (Å²) >= 11 is 0. The summed E-state index contributed by atoms with van der Waals surface area (Å²) in [6.45, 7) is 2.13. The Hall–Kier alpha value is -3.97. The molecule has 6 aromatic rings. The average molecular weight is 448 g/mol. The Morgan fingerprint density at radius 3 is 1.94 bits per heavy atom. The number of aryl methyl sites for hydroxylation is 5. The molecule has 0 amide bonds. The number of pyridine rings is 1. The number of aromatic nitrogens is 1. The Morgan fingerprint density at radius 2 is 1.14 bits per heavy atom. The van der Waals surface area contributed by atoms with Crippen LogP contribution >= 0.6 is 0 Å². The SMILES string of the molecule is Cc1cc2c(ccc3c4ccccc4ccc23)c(-c2cc3c4c(c2)CCc2cccc(c2-4)CC3)n1. The van der Waals surface area contributed by atoms with Crippen molar-refractivity contribution in [2.24, 2.45) is 0 Å².